The van der Waals surface area contributed by atoms with Crippen LogP contribution >= 0.6 is 23.2 Å². The van der Waals surface area contributed by atoms with Crippen molar-refractivity contribution in [3.8, 4) is 0 Å². The second-order valence-corrected chi connectivity index (χ2v) is 6.04. The van der Waals surface area contributed by atoms with Crippen LogP contribution in [0.5, 0.6) is 0 Å². The van der Waals surface area contributed by atoms with Crippen LogP contribution in [0.15, 0.2) is 18.2 Å². The van der Waals surface area contributed by atoms with Gasteiger partial charge in [-0.05, 0) is 38.5 Å². The Morgan fingerprint density at radius 2 is 1.80 bits per heavy atom. The van der Waals surface area contributed by atoms with Crippen molar-refractivity contribution in [3.63, 3.8) is 0 Å². The fourth-order valence-electron chi connectivity index (χ4n) is 1.97. The molecule has 0 aromatic heterocycles. The molecule has 1 aliphatic carbocycles. The van der Waals surface area contributed by atoms with Crippen LogP contribution in [0.25, 0.3) is 0 Å². The Morgan fingerprint density at radius 1 is 1.15 bits per heavy atom. The van der Waals surface area contributed by atoms with Crippen LogP contribution in [0, 0.1) is 11.8 Å². The van der Waals surface area contributed by atoms with Crippen molar-refractivity contribution in [2.75, 3.05) is 5.32 Å². The zero-order chi connectivity index (χ0) is 14.9. The highest BCUT2D eigenvalue weighted by Crippen LogP contribution is 2.39. The van der Waals surface area contributed by atoms with Crippen LogP contribution in [-0.2, 0) is 9.59 Å². The number of rotatable bonds is 4. The highest BCUT2D eigenvalue weighted by Gasteiger charge is 2.48. The van der Waals surface area contributed by atoms with Crippen molar-refractivity contribution in [3.05, 3.63) is 28.2 Å². The summed E-state index contributed by atoms with van der Waals surface area (Å²) in [7, 11) is 0. The lowest BCUT2D eigenvalue weighted by Gasteiger charge is -2.08. The van der Waals surface area contributed by atoms with Gasteiger partial charge in [0, 0.05) is 11.7 Å². The molecule has 20 heavy (non-hydrogen) atoms. The Bertz CT molecular complexity index is 546. The lowest BCUT2D eigenvalue weighted by molar-refractivity contribution is -0.125. The Kier molecular flexibility index (Phi) is 4.55. The summed E-state index contributed by atoms with van der Waals surface area (Å²) >= 11 is 11.7. The molecule has 108 valence electrons. The van der Waals surface area contributed by atoms with E-state index in [0.29, 0.717) is 22.2 Å². The van der Waals surface area contributed by atoms with Gasteiger partial charge in [-0.1, -0.05) is 23.2 Å². The second-order valence-electron chi connectivity index (χ2n) is 5.23. The molecule has 0 saturated heterocycles. The van der Waals surface area contributed by atoms with Gasteiger partial charge in [0.1, 0.15) is 0 Å². The van der Waals surface area contributed by atoms with Gasteiger partial charge in [0.2, 0.25) is 11.8 Å². The van der Waals surface area contributed by atoms with Gasteiger partial charge >= 0.3 is 0 Å². The predicted molar refractivity (Wildman–Crippen MR) is 80.0 cm³/mol. The molecule has 4 nitrogen and oxygen atoms in total. The van der Waals surface area contributed by atoms with Gasteiger partial charge in [-0.15, -0.1) is 0 Å². The molecular weight excluding hydrogens is 299 g/mol. The topological polar surface area (TPSA) is 58.2 Å². The van der Waals surface area contributed by atoms with Gasteiger partial charge < -0.3 is 10.6 Å². The Hall–Kier alpha value is -1.26. The zero-order valence-corrected chi connectivity index (χ0v) is 12.8. The number of nitrogens with one attached hydrogen (secondary N) is 2. The van der Waals surface area contributed by atoms with Gasteiger partial charge in [0.15, 0.2) is 0 Å². The number of carbonyl (C=O) groups excluding carboxylic acids is 2. The molecule has 2 N–H and O–H groups in total. The molecule has 0 bridgehead atoms. The number of halogens is 2. The van der Waals surface area contributed by atoms with Crippen molar-refractivity contribution >= 4 is 40.7 Å². The first-order chi connectivity index (χ1) is 9.38. The van der Waals surface area contributed by atoms with Crippen LogP contribution in [0.3, 0.4) is 0 Å². The largest absolute Gasteiger partial charge is 0.354 e. The summed E-state index contributed by atoms with van der Waals surface area (Å²) in [4.78, 5) is 23.8. The van der Waals surface area contributed by atoms with E-state index in [1.807, 2.05) is 13.8 Å². The molecule has 2 amide bonds. The molecule has 0 spiro atoms. The van der Waals surface area contributed by atoms with E-state index in [4.69, 9.17) is 23.2 Å². The molecular formula is C14H16Cl2N2O2. The Balaban J connectivity index is 1.91. The van der Waals surface area contributed by atoms with Crippen molar-refractivity contribution in [1.82, 2.24) is 5.32 Å². The number of hydrogen-bond donors (Lipinski definition) is 2. The van der Waals surface area contributed by atoms with Crippen molar-refractivity contribution in [1.29, 1.82) is 0 Å². The third-order valence-corrected chi connectivity index (χ3v) is 3.82. The van der Waals surface area contributed by atoms with E-state index in [1.165, 1.54) is 0 Å². The Labute approximate surface area is 127 Å². The molecule has 2 unspecified atom stereocenters. The first-order valence-corrected chi connectivity index (χ1v) is 7.20. The molecule has 0 radical (unpaired) electrons. The van der Waals surface area contributed by atoms with E-state index >= 15 is 0 Å². The van der Waals surface area contributed by atoms with Gasteiger partial charge in [-0.3, -0.25) is 9.59 Å². The molecule has 1 fully saturated rings. The minimum absolute atomic E-state index is 0.0608. The summed E-state index contributed by atoms with van der Waals surface area (Å²) in [5.41, 5.74) is 0.583. The average molecular weight is 315 g/mol. The highest BCUT2D eigenvalue weighted by atomic mass is 35.5. The summed E-state index contributed by atoms with van der Waals surface area (Å²) in [6.07, 6.45) is 0.589. The quantitative estimate of drug-likeness (QED) is 0.897. The van der Waals surface area contributed by atoms with Crippen molar-refractivity contribution in [2.45, 2.75) is 26.3 Å². The first kappa shape index (κ1) is 15.1. The molecule has 1 saturated carbocycles. The van der Waals surface area contributed by atoms with Crippen LogP contribution in [0.4, 0.5) is 5.69 Å². The molecule has 6 heteroatoms. The maximum absolute atomic E-state index is 12.0. The third-order valence-electron chi connectivity index (χ3n) is 3.08. The van der Waals surface area contributed by atoms with Crippen LogP contribution in [0.1, 0.15) is 20.3 Å². The number of benzene rings is 1. The predicted octanol–water partition coefficient (Wildman–Crippen LogP) is 3.09. The van der Waals surface area contributed by atoms with Crippen LogP contribution < -0.4 is 10.6 Å². The minimum atomic E-state index is -0.261. The number of amides is 2. The zero-order valence-electron chi connectivity index (χ0n) is 11.2. The fraction of sp³-hybridized carbons (Fsp3) is 0.429. The normalized spacial score (nSPS) is 20.6. The molecule has 2 rings (SSSR count). The molecule has 1 aliphatic rings. The van der Waals surface area contributed by atoms with E-state index in [1.54, 1.807) is 18.2 Å². The SMILES string of the molecule is CC(C)NC(=O)C1CC1C(=O)Nc1ccc(Cl)c(Cl)c1. The maximum Gasteiger partial charge on any atom is 0.228 e. The van der Waals surface area contributed by atoms with E-state index in [-0.39, 0.29) is 29.7 Å². The lowest BCUT2D eigenvalue weighted by atomic mass is 10.2. The summed E-state index contributed by atoms with van der Waals surface area (Å²) in [5, 5.41) is 6.38. The average Bonchev–Trinajstić information content (AvgIpc) is 3.13. The number of anilines is 1. The number of carbonyl (C=O) groups is 2. The molecule has 1 aromatic carbocycles. The van der Waals surface area contributed by atoms with Crippen molar-refractivity contribution in [2.24, 2.45) is 11.8 Å². The minimum Gasteiger partial charge on any atom is -0.354 e. The molecule has 0 heterocycles. The first-order valence-electron chi connectivity index (χ1n) is 6.44. The van der Waals surface area contributed by atoms with Gasteiger partial charge in [0.05, 0.1) is 21.9 Å². The smallest absolute Gasteiger partial charge is 0.228 e. The van der Waals surface area contributed by atoms with Gasteiger partial charge in [-0.2, -0.15) is 0 Å². The van der Waals surface area contributed by atoms with Gasteiger partial charge in [-0.25, -0.2) is 0 Å². The summed E-state index contributed by atoms with van der Waals surface area (Å²) in [5.74, 6) is -0.704. The van der Waals surface area contributed by atoms with Crippen LogP contribution in [-0.4, -0.2) is 17.9 Å². The van der Waals surface area contributed by atoms with Gasteiger partial charge in [0.25, 0.3) is 0 Å². The molecule has 2 atom stereocenters. The standard InChI is InChI=1S/C14H16Cl2N2O2/c1-7(2)17-13(19)9-6-10(9)14(20)18-8-3-4-11(15)12(16)5-8/h3-5,7,9-10H,6H2,1-2H3,(H,17,19)(H,18,20). The van der Waals surface area contributed by atoms with Crippen molar-refractivity contribution < 1.29 is 9.59 Å². The van der Waals surface area contributed by atoms with Crippen LogP contribution in [0.2, 0.25) is 10.0 Å². The van der Waals surface area contributed by atoms with E-state index < -0.39 is 0 Å². The lowest BCUT2D eigenvalue weighted by Crippen LogP contribution is -2.32. The van der Waals surface area contributed by atoms with E-state index in [2.05, 4.69) is 10.6 Å². The summed E-state index contributed by atoms with van der Waals surface area (Å²) in [6.45, 7) is 3.79. The third kappa shape index (κ3) is 3.64. The highest BCUT2D eigenvalue weighted by molar-refractivity contribution is 6.42. The van der Waals surface area contributed by atoms with E-state index in [9.17, 15) is 9.59 Å². The Morgan fingerprint density at radius 3 is 2.40 bits per heavy atom. The van der Waals surface area contributed by atoms with E-state index in [0.717, 1.165) is 0 Å². The second kappa shape index (κ2) is 6.02. The molecule has 1 aromatic rings. The summed E-state index contributed by atoms with van der Waals surface area (Å²) < 4.78 is 0. The summed E-state index contributed by atoms with van der Waals surface area (Å²) in [6, 6.07) is 4.97. The molecule has 0 aliphatic heterocycles. The maximum atomic E-state index is 12.0. The number of hydrogen-bond acceptors (Lipinski definition) is 2. The fourth-order valence-corrected chi connectivity index (χ4v) is 2.27. The monoisotopic (exact) mass is 314 g/mol.